The van der Waals surface area contributed by atoms with Gasteiger partial charge < -0.3 is 14.9 Å². The van der Waals surface area contributed by atoms with Crippen LogP contribution in [0, 0.1) is 17.3 Å². The summed E-state index contributed by atoms with van der Waals surface area (Å²) in [6, 6.07) is 0. The molecule has 3 heteroatoms. The maximum absolute atomic E-state index is 10.3. The Balaban J connectivity index is 1.78. The summed E-state index contributed by atoms with van der Waals surface area (Å²) in [6.07, 6.45) is 7.08. The quantitative estimate of drug-likeness (QED) is 0.557. The number of aliphatic hydroxyl groups is 2. The molecule has 4 atom stereocenters. The zero-order valence-corrected chi connectivity index (χ0v) is 14.6. The first-order valence-corrected chi connectivity index (χ1v) is 8.90. The first-order chi connectivity index (χ1) is 10.2. The predicted molar refractivity (Wildman–Crippen MR) is 89.7 cm³/mol. The third-order valence-corrected chi connectivity index (χ3v) is 5.95. The highest BCUT2D eigenvalue weighted by molar-refractivity contribution is 5.14. The summed E-state index contributed by atoms with van der Waals surface area (Å²) in [6.45, 7) is 11.6. The Morgan fingerprint density at radius 3 is 2.73 bits per heavy atom. The molecule has 0 radical (unpaired) electrons. The summed E-state index contributed by atoms with van der Waals surface area (Å²) in [4.78, 5) is 0. The molecule has 0 amide bonds. The Morgan fingerprint density at radius 2 is 2.05 bits per heavy atom. The monoisotopic (exact) mass is 310 g/mol. The largest absolute Gasteiger partial charge is 0.393 e. The first-order valence-electron chi connectivity index (χ1n) is 8.90. The van der Waals surface area contributed by atoms with Gasteiger partial charge in [-0.1, -0.05) is 19.9 Å². The molecule has 2 saturated carbocycles. The van der Waals surface area contributed by atoms with Gasteiger partial charge in [0.15, 0.2) is 0 Å². The minimum absolute atomic E-state index is 0.121. The minimum Gasteiger partial charge on any atom is -0.393 e. The highest BCUT2D eigenvalue weighted by Gasteiger charge is 2.51. The van der Waals surface area contributed by atoms with Gasteiger partial charge in [-0.15, -0.1) is 0 Å². The molecule has 2 rings (SSSR count). The summed E-state index contributed by atoms with van der Waals surface area (Å²) >= 11 is 0. The molecule has 3 nitrogen and oxygen atoms in total. The standard InChI is InChI=1S/C19H34O3/c1-14(13-22-12-6-10-18(2,3)21)15-8-9-16-17(20)7-5-11-19(15,16)4/h15-17,20-21H,1,5-13H2,2-4H3/t15-,16+,17+,19-/m1/s1. The van der Waals surface area contributed by atoms with Crippen LogP contribution in [0.15, 0.2) is 12.2 Å². The van der Waals surface area contributed by atoms with E-state index in [2.05, 4.69) is 13.5 Å². The number of rotatable bonds is 7. The van der Waals surface area contributed by atoms with Crippen LogP contribution in [0.3, 0.4) is 0 Å². The fraction of sp³-hybridized carbons (Fsp3) is 0.895. The minimum atomic E-state index is -0.606. The van der Waals surface area contributed by atoms with Crippen LogP contribution in [0.2, 0.25) is 0 Å². The van der Waals surface area contributed by atoms with E-state index in [0.29, 0.717) is 25.0 Å². The Kier molecular flexibility index (Phi) is 5.73. The molecule has 0 spiro atoms. The van der Waals surface area contributed by atoms with Crippen LogP contribution < -0.4 is 0 Å². The van der Waals surface area contributed by atoms with Crippen molar-refractivity contribution in [3.8, 4) is 0 Å². The zero-order chi connectivity index (χ0) is 16.4. The summed E-state index contributed by atoms with van der Waals surface area (Å²) in [5.41, 5.74) is 0.804. The van der Waals surface area contributed by atoms with E-state index in [4.69, 9.17) is 4.74 Å². The first kappa shape index (κ1) is 18.0. The number of fused-ring (bicyclic) bond motifs is 1. The van der Waals surface area contributed by atoms with Gasteiger partial charge in [-0.2, -0.15) is 0 Å². The lowest BCUT2D eigenvalue weighted by atomic mass is 9.63. The normalized spacial score (nSPS) is 35.4. The van der Waals surface area contributed by atoms with E-state index in [0.717, 1.165) is 38.5 Å². The molecule has 128 valence electrons. The molecule has 2 aliphatic carbocycles. The molecule has 2 N–H and O–H groups in total. The summed E-state index contributed by atoms with van der Waals surface area (Å²) in [5.74, 6) is 0.930. The van der Waals surface area contributed by atoms with Crippen molar-refractivity contribution in [1.29, 1.82) is 0 Å². The predicted octanol–water partition coefficient (Wildman–Crippen LogP) is 3.69. The van der Waals surface area contributed by atoms with Crippen molar-refractivity contribution in [2.75, 3.05) is 13.2 Å². The molecule has 0 aromatic heterocycles. The molecule has 0 heterocycles. The van der Waals surface area contributed by atoms with Gasteiger partial charge in [0.05, 0.1) is 18.3 Å². The van der Waals surface area contributed by atoms with Crippen LogP contribution in [0.1, 0.15) is 65.7 Å². The molecular weight excluding hydrogens is 276 g/mol. The number of hydrogen-bond acceptors (Lipinski definition) is 3. The Hall–Kier alpha value is -0.380. The second-order valence-corrected chi connectivity index (χ2v) is 8.33. The van der Waals surface area contributed by atoms with E-state index >= 15 is 0 Å². The van der Waals surface area contributed by atoms with Crippen LogP contribution in [0.25, 0.3) is 0 Å². The maximum Gasteiger partial charge on any atom is 0.0677 e. The van der Waals surface area contributed by atoms with Gasteiger partial charge in [0.25, 0.3) is 0 Å². The third kappa shape index (κ3) is 4.12. The Bertz CT molecular complexity index is 385. The van der Waals surface area contributed by atoms with Crippen molar-refractivity contribution in [2.45, 2.75) is 77.4 Å². The van der Waals surface area contributed by atoms with E-state index < -0.39 is 5.60 Å². The van der Waals surface area contributed by atoms with Crippen molar-refractivity contribution < 1.29 is 14.9 Å². The van der Waals surface area contributed by atoms with E-state index in [1.165, 1.54) is 12.0 Å². The van der Waals surface area contributed by atoms with Gasteiger partial charge in [0.2, 0.25) is 0 Å². The maximum atomic E-state index is 10.3. The fourth-order valence-electron chi connectivity index (χ4n) is 4.73. The second-order valence-electron chi connectivity index (χ2n) is 8.33. The van der Waals surface area contributed by atoms with Gasteiger partial charge >= 0.3 is 0 Å². The summed E-state index contributed by atoms with van der Waals surface area (Å²) in [7, 11) is 0. The van der Waals surface area contributed by atoms with Crippen LogP contribution in [0.5, 0.6) is 0 Å². The Morgan fingerprint density at radius 1 is 1.32 bits per heavy atom. The van der Waals surface area contributed by atoms with Gasteiger partial charge in [0.1, 0.15) is 0 Å². The zero-order valence-electron chi connectivity index (χ0n) is 14.6. The number of ether oxygens (including phenoxy) is 1. The van der Waals surface area contributed by atoms with Gasteiger partial charge in [-0.05, 0) is 75.2 Å². The van der Waals surface area contributed by atoms with Crippen molar-refractivity contribution in [3.63, 3.8) is 0 Å². The average Bonchev–Trinajstić information content (AvgIpc) is 2.75. The highest BCUT2D eigenvalue weighted by Crippen LogP contribution is 2.57. The molecule has 2 fully saturated rings. The van der Waals surface area contributed by atoms with E-state index in [1.54, 1.807) is 0 Å². The van der Waals surface area contributed by atoms with Crippen LogP contribution in [-0.4, -0.2) is 35.1 Å². The number of aliphatic hydroxyl groups excluding tert-OH is 1. The van der Waals surface area contributed by atoms with Crippen molar-refractivity contribution in [2.24, 2.45) is 17.3 Å². The van der Waals surface area contributed by atoms with Crippen molar-refractivity contribution in [3.05, 3.63) is 12.2 Å². The molecule has 0 bridgehead atoms. The number of hydrogen-bond donors (Lipinski definition) is 2. The smallest absolute Gasteiger partial charge is 0.0677 e. The average molecular weight is 310 g/mol. The van der Waals surface area contributed by atoms with Crippen LogP contribution >= 0.6 is 0 Å². The summed E-state index contributed by atoms with van der Waals surface area (Å²) in [5, 5.41) is 20.0. The van der Waals surface area contributed by atoms with E-state index in [1.807, 2.05) is 13.8 Å². The van der Waals surface area contributed by atoms with E-state index in [9.17, 15) is 10.2 Å². The lowest BCUT2D eigenvalue weighted by Crippen LogP contribution is -2.40. The topological polar surface area (TPSA) is 49.7 Å². The molecule has 0 unspecified atom stereocenters. The third-order valence-electron chi connectivity index (χ3n) is 5.95. The molecule has 2 aliphatic rings. The van der Waals surface area contributed by atoms with Gasteiger partial charge in [-0.3, -0.25) is 0 Å². The molecule has 0 aromatic rings. The SMILES string of the molecule is C=C(COCCCC(C)(C)O)[C@H]1CC[C@H]2[C@@H](O)CCC[C@]12C. The molecule has 0 aliphatic heterocycles. The van der Waals surface area contributed by atoms with Crippen molar-refractivity contribution in [1.82, 2.24) is 0 Å². The molecular formula is C19H34O3. The van der Waals surface area contributed by atoms with Crippen LogP contribution in [-0.2, 0) is 4.74 Å². The highest BCUT2D eigenvalue weighted by atomic mass is 16.5. The van der Waals surface area contributed by atoms with Gasteiger partial charge in [-0.25, -0.2) is 0 Å². The lowest BCUT2D eigenvalue weighted by molar-refractivity contribution is -0.0134. The van der Waals surface area contributed by atoms with Gasteiger partial charge in [0, 0.05) is 6.61 Å². The van der Waals surface area contributed by atoms with Crippen molar-refractivity contribution >= 4 is 0 Å². The second kappa shape index (κ2) is 7.02. The molecule has 22 heavy (non-hydrogen) atoms. The van der Waals surface area contributed by atoms with Crippen LogP contribution in [0.4, 0.5) is 0 Å². The lowest BCUT2D eigenvalue weighted by Gasteiger charge is -2.43. The molecule has 0 aromatic carbocycles. The fourth-order valence-corrected chi connectivity index (χ4v) is 4.73. The Labute approximate surface area is 135 Å². The van der Waals surface area contributed by atoms with E-state index in [-0.39, 0.29) is 11.5 Å². The molecule has 0 saturated heterocycles. The summed E-state index contributed by atoms with van der Waals surface area (Å²) < 4.78 is 5.78.